The van der Waals surface area contributed by atoms with Crippen LogP contribution in [0.25, 0.3) is 0 Å². The van der Waals surface area contributed by atoms with Gasteiger partial charge in [-0.25, -0.2) is 0 Å². The summed E-state index contributed by atoms with van der Waals surface area (Å²) in [6, 6.07) is 1.75. The van der Waals surface area contributed by atoms with Crippen molar-refractivity contribution in [2.45, 2.75) is 65.7 Å². The molecule has 2 heteroatoms. The summed E-state index contributed by atoms with van der Waals surface area (Å²) in [5, 5.41) is 19.9. The van der Waals surface area contributed by atoms with Crippen molar-refractivity contribution in [3.05, 3.63) is 22.8 Å². The van der Waals surface area contributed by atoms with E-state index in [0.717, 1.165) is 50.5 Å². The van der Waals surface area contributed by atoms with Crippen LogP contribution in [0.1, 0.15) is 63.1 Å². The van der Waals surface area contributed by atoms with Gasteiger partial charge in [-0.05, 0) is 42.9 Å². The van der Waals surface area contributed by atoms with Gasteiger partial charge < -0.3 is 10.2 Å². The zero-order valence-corrected chi connectivity index (χ0v) is 11.9. The summed E-state index contributed by atoms with van der Waals surface area (Å²) in [7, 11) is 0. The van der Waals surface area contributed by atoms with E-state index < -0.39 is 0 Å². The van der Waals surface area contributed by atoms with E-state index >= 15 is 0 Å². The van der Waals surface area contributed by atoms with Crippen LogP contribution in [0.4, 0.5) is 0 Å². The van der Waals surface area contributed by atoms with Gasteiger partial charge in [0.05, 0.1) is 0 Å². The van der Waals surface area contributed by atoms with Crippen LogP contribution in [0.5, 0.6) is 11.5 Å². The summed E-state index contributed by atoms with van der Waals surface area (Å²) in [5.74, 6) is 0.149. The molecule has 0 unspecified atom stereocenters. The Kier molecular flexibility index (Phi) is 6.03. The maximum atomic E-state index is 10.1. The molecule has 0 amide bonds. The van der Waals surface area contributed by atoms with Gasteiger partial charge in [0, 0.05) is 5.56 Å². The predicted octanol–water partition coefficient (Wildman–Crippen LogP) is 4.35. The number of aromatic hydroxyl groups is 2. The van der Waals surface area contributed by atoms with Crippen molar-refractivity contribution < 1.29 is 10.2 Å². The molecule has 0 fully saturated rings. The van der Waals surface area contributed by atoms with Crippen LogP contribution in [0.15, 0.2) is 6.07 Å². The van der Waals surface area contributed by atoms with Gasteiger partial charge in [0.15, 0.2) is 11.5 Å². The number of aryl methyl sites for hydroxylation is 1. The Bertz CT molecular complexity index is 383. The molecule has 18 heavy (non-hydrogen) atoms. The lowest BCUT2D eigenvalue weighted by Crippen LogP contribution is -2.02. The van der Waals surface area contributed by atoms with Crippen LogP contribution in [-0.2, 0) is 19.3 Å². The molecule has 102 valence electrons. The molecule has 0 aliphatic rings. The lowest BCUT2D eigenvalue weighted by molar-refractivity contribution is 0.397. The van der Waals surface area contributed by atoms with Crippen molar-refractivity contribution in [2.75, 3.05) is 0 Å². The number of phenolic OH excluding ortho intramolecular Hbond substituents is 2. The van der Waals surface area contributed by atoms with E-state index in [1.165, 1.54) is 11.1 Å². The number of hydrogen-bond donors (Lipinski definition) is 2. The molecule has 0 saturated heterocycles. The van der Waals surface area contributed by atoms with Crippen LogP contribution in [0.2, 0.25) is 0 Å². The molecule has 2 N–H and O–H groups in total. The van der Waals surface area contributed by atoms with Gasteiger partial charge in [0.2, 0.25) is 0 Å². The normalized spacial score (nSPS) is 10.8. The van der Waals surface area contributed by atoms with Gasteiger partial charge in [-0.1, -0.05) is 40.0 Å². The fourth-order valence-corrected chi connectivity index (χ4v) is 2.49. The molecule has 0 saturated carbocycles. The van der Waals surface area contributed by atoms with E-state index in [2.05, 4.69) is 20.8 Å². The maximum Gasteiger partial charge on any atom is 0.160 e. The second-order valence-corrected chi connectivity index (χ2v) is 4.96. The molecule has 0 bridgehead atoms. The van der Waals surface area contributed by atoms with Crippen LogP contribution >= 0.6 is 0 Å². The summed E-state index contributed by atoms with van der Waals surface area (Å²) in [4.78, 5) is 0. The highest BCUT2D eigenvalue weighted by molar-refractivity contribution is 5.53. The lowest BCUT2D eigenvalue weighted by atomic mass is 9.90. The third-order valence-electron chi connectivity index (χ3n) is 3.39. The zero-order valence-electron chi connectivity index (χ0n) is 11.9. The highest BCUT2D eigenvalue weighted by atomic mass is 16.3. The number of unbranched alkanes of at least 4 members (excludes halogenated alkanes) is 1. The number of hydrogen-bond acceptors (Lipinski definition) is 2. The molecule has 1 aromatic carbocycles. The molecule has 0 aliphatic carbocycles. The standard InChI is InChI=1S/C16H26O2/c1-4-7-10-14-13(9-6-3)12(8-5-2)11-15(17)16(14)18/h11,17-18H,4-10H2,1-3H3. The Balaban J connectivity index is 3.22. The van der Waals surface area contributed by atoms with E-state index in [1.54, 1.807) is 6.07 Å². The van der Waals surface area contributed by atoms with Crippen molar-refractivity contribution in [1.29, 1.82) is 0 Å². The van der Waals surface area contributed by atoms with Gasteiger partial charge in [0.1, 0.15) is 0 Å². The molecule has 0 aliphatic heterocycles. The Morgan fingerprint density at radius 2 is 1.50 bits per heavy atom. The van der Waals surface area contributed by atoms with E-state index in [1.807, 2.05) is 0 Å². The van der Waals surface area contributed by atoms with Gasteiger partial charge in [-0.2, -0.15) is 0 Å². The quantitative estimate of drug-likeness (QED) is 0.706. The van der Waals surface area contributed by atoms with Crippen LogP contribution in [0.3, 0.4) is 0 Å². The topological polar surface area (TPSA) is 40.5 Å². The van der Waals surface area contributed by atoms with Crippen LogP contribution < -0.4 is 0 Å². The Morgan fingerprint density at radius 1 is 0.833 bits per heavy atom. The fourth-order valence-electron chi connectivity index (χ4n) is 2.49. The second kappa shape index (κ2) is 7.30. The van der Waals surface area contributed by atoms with Gasteiger partial charge in [-0.3, -0.25) is 0 Å². The monoisotopic (exact) mass is 250 g/mol. The minimum Gasteiger partial charge on any atom is -0.504 e. The predicted molar refractivity (Wildman–Crippen MR) is 76.4 cm³/mol. The Morgan fingerprint density at radius 3 is 2.06 bits per heavy atom. The summed E-state index contributed by atoms with van der Waals surface area (Å²) in [6.07, 6.45) is 7.12. The average molecular weight is 250 g/mol. The first-order valence-corrected chi connectivity index (χ1v) is 7.21. The first kappa shape index (κ1) is 14.9. The van der Waals surface area contributed by atoms with Gasteiger partial charge >= 0.3 is 0 Å². The third kappa shape index (κ3) is 3.41. The first-order chi connectivity index (χ1) is 8.65. The molecule has 1 rings (SSSR count). The zero-order chi connectivity index (χ0) is 13.5. The minimum atomic E-state index is 0.0457. The lowest BCUT2D eigenvalue weighted by Gasteiger charge is -2.17. The number of phenols is 2. The summed E-state index contributed by atoms with van der Waals surface area (Å²) in [5.41, 5.74) is 3.45. The summed E-state index contributed by atoms with van der Waals surface area (Å²) < 4.78 is 0. The van der Waals surface area contributed by atoms with Crippen molar-refractivity contribution in [3.63, 3.8) is 0 Å². The van der Waals surface area contributed by atoms with Crippen LogP contribution in [0, 0.1) is 0 Å². The minimum absolute atomic E-state index is 0.0457. The highest BCUT2D eigenvalue weighted by Crippen LogP contribution is 2.36. The van der Waals surface area contributed by atoms with Crippen LogP contribution in [-0.4, -0.2) is 10.2 Å². The van der Waals surface area contributed by atoms with E-state index in [4.69, 9.17) is 0 Å². The van der Waals surface area contributed by atoms with E-state index in [-0.39, 0.29) is 11.5 Å². The smallest absolute Gasteiger partial charge is 0.160 e. The molecular weight excluding hydrogens is 224 g/mol. The van der Waals surface area contributed by atoms with Gasteiger partial charge in [-0.15, -0.1) is 0 Å². The molecular formula is C16H26O2. The Labute approximate surface area is 111 Å². The summed E-state index contributed by atoms with van der Waals surface area (Å²) in [6.45, 7) is 6.45. The average Bonchev–Trinajstić information content (AvgIpc) is 2.35. The van der Waals surface area contributed by atoms with E-state index in [0.29, 0.717) is 0 Å². The van der Waals surface area contributed by atoms with Crippen molar-refractivity contribution in [2.24, 2.45) is 0 Å². The van der Waals surface area contributed by atoms with Crippen molar-refractivity contribution in [3.8, 4) is 11.5 Å². The molecule has 0 aromatic heterocycles. The van der Waals surface area contributed by atoms with Gasteiger partial charge in [0.25, 0.3) is 0 Å². The SMILES string of the molecule is CCCCc1c(O)c(O)cc(CCC)c1CCC. The van der Waals surface area contributed by atoms with E-state index in [9.17, 15) is 10.2 Å². The largest absolute Gasteiger partial charge is 0.504 e. The number of rotatable bonds is 7. The van der Waals surface area contributed by atoms with Crippen molar-refractivity contribution >= 4 is 0 Å². The first-order valence-electron chi connectivity index (χ1n) is 7.21. The third-order valence-corrected chi connectivity index (χ3v) is 3.39. The summed E-state index contributed by atoms with van der Waals surface area (Å²) >= 11 is 0. The molecule has 0 atom stereocenters. The van der Waals surface area contributed by atoms with Crippen molar-refractivity contribution in [1.82, 2.24) is 0 Å². The molecule has 1 aromatic rings. The molecule has 0 heterocycles. The molecule has 0 spiro atoms. The molecule has 0 radical (unpaired) electrons. The molecule has 2 nitrogen and oxygen atoms in total. The number of benzene rings is 1. The highest BCUT2D eigenvalue weighted by Gasteiger charge is 2.15. The second-order valence-electron chi connectivity index (χ2n) is 4.96. The Hall–Kier alpha value is -1.18. The maximum absolute atomic E-state index is 10.1. The fraction of sp³-hybridized carbons (Fsp3) is 0.625.